The lowest BCUT2D eigenvalue weighted by atomic mass is 10.1. The summed E-state index contributed by atoms with van der Waals surface area (Å²) in [6, 6.07) is 5.33. The predicted octanol–water partition coefficient (Wildman–Crippen LogP) is 1.76. The van der Waals surface area contributed by atoms with Crippen molar-refractivity contribution >= 4 is 22.4 Å². The van der Waals surface area contributed by atoms with Crippen LogP contribution in [0.3, 0.4) is 0 Å². The molecule has 0 saturated carbocycles. The predicted molar refractivity (Wildman–Crippen MR) is 77.0 cm³/mol. The van der Waals surface area contributed by atoms with E-state index in [9.17, 15) is 12.8 Å². The van der Waals surface area contributed by atoms with Crippen LogP contribution in [0.25, 0.3) is 0 Å². The minimum absolute atomic E-state index is 0. The first-order valence-electron chi connectivity index (χ1n) is 6.59. The Morgan fingerprint density at radius 1 is 1.20 bits per heavy atom. The molecule has 112 valence electrons. The topological polar surface area (TPSA) is 49.4 Å². The SMILES string of the molecule is Cl.O=S(=O)(c1cccc(F)c1)N1C2CCNCC1CC2. The average Bonchev–Trinajstić information content (AvgIpc) is 2.63. The molecule has 1 aromatic rings. The lowest BCUT2D eigenvalue weighted by Gasteiger charge is -2.26. The third-order valence-corrected chi connectivity index (χ3v) is 5.96. The van der Waals surface area contributed by atoms with Gasteiger partial charge in [-0.1, -0.05) is 6.07 Å². The normalized spacial score (nSPS) is 26.9. The summed E-state index contributed by atoms with van der Waals surface area (Å²) < 4.78 is 40.2. The third kappa shape index (κ3) is 2.70. The van der Waals surface area contributed by atoms with E-state index in [4.69, 9.17) is 0 Å². The molecule has 0 radical (unpaired) electrons. The van der Waals surface area contributed by atoms with E-state index < -0.39 is 15.8 Å². The van der Waals surface area contributed by atoms with Crippen LogP contribution in [-0.2, 0) is 10.0 Å². The number of fused-ring (bicyclic) bond motifs is 2. The molecule has 0 aliphatic carbocycles. The first kappa shape index (κ1) is 15.7. The quantitative estimate of drug-likeness (QED) is 0.903. The van der Waals surface area contributed by atoms with Gasteiger partial charge in [-0.05, 0) is 44.0 Å². The molecule has 7 heteroatoms. The van der Waals surface area contributed by atoms with Gasteiger partial charge >= 0.3 is 0 Å². The number of benzene rings is 1. The van der Waals surface area contributed by atoms with Gasteiger partial charge < -0.3 is 5.32 Å². The van der Waals surface area contributed by atoms with Crippen molar-refractivity contribution in [3.8, 4) is 0 Å². The minimum atomic E-state index is -3.59. The average molecular weight is 321 g/mol. The van der Waals surface area contributed by atoms with Crippen molar-refractivity contribution in [1.29, 1.82) is 0 Å². The zero-order chi connectivity index (χ0) is 13.5. The molecule has 0 spiro atoms. The highest BCUT2D eigenvalue weighted by Gasteiger charge is 2.42. The highest BCUT2D eigenvalue weighted by molar-refractivity contribution is 7.89. The van der Waals surface area contributed by atoms with Crippen molar-refractivity contribution in [3.63, 3.8) is 0 Å². The van der Waals surface area contributed by atoms with Crippen LogP contribution in [0.15, 0.2) is 29.2 Å². The molecule has 2 bridgehead atoms. The maximum Gasteiger partial charge on any atom is 0.243 e. The molecule has 20 heavy (non-hydrogen) atoms. The van der Waals surface area contributed by atoms with Crippen LogP contribution in [0.1, 0.15) is 19.3 Å². The molecule has 1 aromatic carbocycles. The van der Waals surface area contributed by atoms with Gasteiger partial charge in [-0.3, -0.25) is 0 Å². The molecule has 2 aliphatic rings. The van der Waals surface area contributed by atoms with Crippen LogP contribution in [0.4, 0.5) is 4.39 Å². The van der Waals surface area contributed by atoms with E-state index >= 15 is 0 Å². The van der Waals surface area contributed by atoms with Crippen LogP contribution in [-0.4, -0.2) is 37.9 Å². The lowest BCUT2D eigenvalue weighted by molar-refractivity contribution is 0.334. The molecule has 2 fully saturated rings. The molecule has 0 amide bonds. The second-order valence-corrected chi connectivity index (χ2v) is 7.01. The maximum atomic E-state index is 13.3. The number of hydrogen-bond acceptors (Lipinski definition) is 3. The fourth-order valence-electron chi connectivity index (χ4n) is 3.08. The van der Waals surface area contributed by atoms with Crippen LogP contribution in [0, 0.1) is 5.82 Å². The smallest absolute Gasteiger partial charge is 0.243 e. The third-order valence-electron chi connectivity index (χ3n) is 3.96. The van der Waals surface area contributed by atoms with E-state index in [2.05, 4.69) is 5.32 Å². The van der Waals surface area contributed by atoms with E-state index in [0.717, 1.165) is 31.9 Å². The number of nitrogens with zero attached hydrogens (tertiary/aromatic N) is 1. The number of sulfonamides is 1. The van der Waals surface area contributed by atoms with Crippen molar-refractivity contribution in [2.24, 2.45) is 0 Å². The second kappa shape index (κ2) is 5.97. The van der Waals surface area contributed by atoms with E-state index in [1.54, 1.807) is 4.31 Å². The number of halogens is 2. The Bertz CT molecular complexity index is 567. The Morgan fingerprint density at radius 3 is 2.70 bits per heavy atom. The van der Waals surface area contributed by atoms with Gasteiger partial charge in [0.25, 0.3) is 0 Å². The lowest BCUT2D eigenvalue weighted by Crippen LogP contribution is -2.42. The highest BCUT2D eigenvalue weighted by atomic mass is 35.5. The zero-order valence-electron chi connectivity index (χ0n) is 11.0. The van der Waals surface area contributed by atoms with Crippen LogP contribution in [0.2, 0.25) is 0 Å². The van der Waals surface area contributed by atoms with Crippen LogP contribution >= 0.6 is 12.4 Å². The Kier molecular flexibility index (Phi) is 4.69. The van der Waals surface area contributed by atoms with Crippen molar-refractivity contribution in [1.82, 2.24) is 9.62 Å². The summed E-state index contributed by atoms with van der Waals surface area (Å²) in [5.74, 6) is -0.513. The van der Waals surface area contributed by atoms with E-state index in [1.807, 2.05) is 0 Å². The summed E-state index contributed by atoms with van der Waals surface area (Å²) in [6.07, 6.45) is 2.61. The van der Waals surface area contributed by atoms with Gasteiger partial charge in [0.1, 0.15) is 5.82 Å². The number of nitrogens with one attached hydrogen (secondary N) is 1. The molecule has 2 heterocycles. The fourth-order valence-corrected chi connectivity index (χ4v) is 5.01. The molecule has 2 aliphatic heterocycles. The molecule has 2 saturated heterocycles. The van der Waals surface area contributed by atoms with Crippen LogP contribution < -0.4 is 5.32 Å². The number of hydrogen-bond donors (Lipinski definition) is 1. The molecule has 2 atom stereocenters. The Balaban J connectivity index is 0.00000147. The first-order chi connectivity index (χ1) is 9.09. The summed E-state index contributed by atoms with van der Waals surface area (Å²) in [6.45, 7) is 1.53. The molecule has 0 aromatic heterocycles. The summed E-state index contributed by atoms with van der Waals surface area (Å²) in [5.41, 5.74) is 0. The summed E-state index contributed by atoms with van der Waals surface area (Å²) in [5, 5.41) is 3.26. The minimum Gasteiger partial charge on any atom is -0.315 e. The largest absolute Gasteiger partial charge is 0.315 e. The van der Waals surface area contributed by atoms with Crippen molar-refractivity contribution in [2.75, 3.05) is 13.1 Å². The summed E-state index contributed by atoms with van der Waals surface area (Å²) in [4.78, 5) is 0.0614. The summed E-state index contributed by atoms with van der Waals surface area (Å²) in [7, 11) is -3.59. The fraction of sp³-hybridized carbons (Fsp3) is 0.538. The van der Waals surface area contributed by atoms with E-state index in [1.165, 1.54) is 18.2 Å². The van der Waals surface area contributed by atoms with Gasteiger partial charge in [0.15, 0.2) is 0 Å². The van der Waals surface area contributed by atoms with Gasteiger partial charge in [0, 0.05) is 18.6 Å². The maximum absolute atomic E-state index is 13.3. The zero-order valence-corrected chi connectivity index (χ0v) is 12.6. The highest BCUT2D eigenvalue weighted by Crippen LogP contribution is 2.33. The molecular formula is C13H18ClFN2O2S. The van der Waals surface area contributed by atoms with Gasteiger partial charge in [0.2, 0.25) is 10.0 Å². The first-order valence-corrected chi connectivity index (χ1v) is 8.03. The van der Waals surface area contributed by atoms with Crippen LogP contribution in [0.5, 0.6) is 0 Å². The molecule has 4 nitrogen and oxygen atoms in total. The molecule has 1 N–H and O–H groups in total. The van der Waals surface area contributed by atoms with Crippen molar-refractivity contribution < 1.29 is 12.8 Å². The van der Waals surface area contributed by atoms with Crippen molar-refractivity contribution in [3.05, 3.63) is 30.1 Å². The van der Waals surface area contributed by atoms with Gasteiger partial charge in [-0.25, -0.2) is 12.8 Å². The standard InChI is InChI=1S/C13H17FN2O2S.ClH/c14-10-2-1-3-13(8-10)19(17,18)16-11-4-5-12(16)9-15-7-6-11;/h1-3,8,11-12,15H,4-7,9H2;1H. The summed E-state index contributed by atoms with van der Waals surface area (Å²) >= 11 is 0. The van der Waals surface area contributed by atoms with Gasteiger partial charge in [-0.15, -0.1) is 12.4 Å². The molecule has 3 rings (SSSR count). The van der Waals surface area contributed by atoms with Gasteiger partial charge in [-0.2, -0.15) is 4.31 Å². The Morgan fingerprint density at radius 2 is 1.95 bits per heavy atom. The van der Waals surface area contributed by atoms with E-state index in [-0.39, 0.29) is 29.4 Å². The molecular weight excluding hydrogens is 303 g/mol. The second-order valence-electron chi connectivity index (χ2n) is 5.17. The Labute approximate surface area is 124 Å². The van der Waals surface area contributed by atoms with Crippen molar-refractivity contribution in [2.45, 2.75) is 36.2 Å². The van der Waals surface area contributed by atoms with Gasteiger partial charge in [0.05, 0.1) is 4.90 Å². The number of rotatable bonds is 2. The van der Waals surface area contributed by atoms with E-state index in [0.29, 0.717) is 6.54 Å². The monoisotopic (exact) mass is 320 g/mol. The molecule has 2 unspecified atom stereocenters. The Hall–Kier alpha value is -0.690.